The van der Waals surface area contributed by atoms with Crippen molar-refractivity contribution < 1.29 is 13.9 Å². The fourth-order valence-corrected chi connectivity index (χ4v) is 3.28. The molecule has 2 aromatic heterocycles. The first-order chi connectivity index (χ1) is 14.7. The highest BCUT2D eigenvalue weighted by molar-refractivity contribution is 5.77. The van der Waals surface area contributed by atoms with E-state index in [0.717, 1.165) is 17.7 Å². The normalized spacial score (nSPS) is 17.3. The van der Waals surface area contributed by atoms with Crippen LogP contribution < -0.4 is 5.32 Å². The number of hydrogen-bond donors (Lipinski definition) is 2. The van der Waals surface area contributed by atoms with Gasteiger partial charge in [0.25, 0.3) is 0 Å². The Kier molecular flexibility index (Phi) is 5.02. The van der Waals surface area contributed by atoms with Crippen molar-refractivity contribution in [1.82, 2.24) is 19.9 Å². The van der Waals surface area contributed by atoms with Gasteiger partial charge in [0.05, 0.1) is 30.3 Å². The minimum absolute atomic E-state index is 0.304. The van der Waals surface area contributed by atoms with Gasteiger partial charge in [-0.2, -0.15) is 0 Å². The summed E-state index contributed by atoms with van der Waals surface area (Å²) in [5, 5.41) is 3.29. The lowest BCUT2D eigenvalue weighted by Crippen LogP contribution is -2.20. The molecule has 7 nitrogen and oxygen atoms in total. The summed E-state index contributed by atoms with van der Waals surface area (Å²) in [7, 11) is 0. The number of halogens is 1. The van der Waals surface area contributed by atoms with E-state index in [-0.39, 0.29) is 5.82 Å². The first kappa shape index (κ1) is 18.9. The molecule has 1 aliphatic heterocycles. The molecule has 0 bridgehead atoms. The first-order valence-corrected chi connectivity index (χ1v) is 9.98. The van der Waals surface area contributed by atoms with Crippen LogP contribution in [0.5, 0.6) is 0 Å². The second-order valence-corrected chi connectivity index (χ2v) is 7.65. The first-order valence-electron chi connectivity index (χ1n) is 9.98. The number of H-pyrrole nitrogens is 1. The average Bonchev–Trinajstić information content (AvgIpc) is 3.50. The van der Waals surface area contributed by atoms with E-state index in [0.29, 0.717) is 48.0 Å². The minimum Gasteiger partial charge on any atom is -0.354 e. The molecule has 154 valence electrons. The predicted octanol–water partition coefficient (Wildman–Crippen LogP) is 4.10. The Labute approximate surface area is 173 Å². The standard InChI is InChI=1S/C22H22FN5O2/c1-13-11-29-21(30-12-13)20-27-18(15-4-6-16(23)7-5-15)19(28-20)17-8-9-24-22(26-17)25-10-14-2-3-14/h4-9,14,21H,1-3,10-12H2,(H,27,28)(H,24,25,26). The van der Waals surface area contributed by atoms with E-state index in [1.54, 1.807) is 18.3 Å². The number of aromatic nitrogens is 4. The SMILES string of the molecule is C=C1COC(c2nc(-c3ccc(F)cc3)c(-c3ccnc(NCC4CC4)n3)[nH]2)OC1. The summed E-state index contributed by atoms with van der Waals surface area (Å²) >= 11 is 0. The lowest BCUT2D eigenvalue weighted by Gasteiger charge is -2.22. The van der Waals surface area contributed by atoms with Crippen molar-refractivity contribution in [2.45, 2.75) is 19.1 Å². The fraction of sp³-hybridized carbons (Fsp3) is 0.318. The molecule has 1 saturated carbocycles. The number of hydrogen-bond acceptors (Lipinski definition) is 6. The second-order valence-electron chi connectivity index (χ2n) is 7.65. The van der Waals surface area contributed by atoms with E-state index in [9.17, 15) is 4.39 Å². The van der Waals surface area contributed by atoms with Gasteiger partial charge in [0.1, 0.15) is 5.82 Å². The average molecular weight is 407 g/mol. The summed E-state index contributed by atoms with van der Waals surface area (Å²) < 4.78 is 24.9. The Balaban J connectivity index is 1.51. The van der Waals surface area contributed by atoms with Crippen molar-refractivity contribution in [3.8, 4) is 22.6 Å². The Morgan fingerprint density at radius 1 is 1.10 bits per heavy atom. The summed E-state index contributed by atoms with van der Waals surface area (Å²) in [5.74, 6) is 1.51. The Bertz CT molecular complexity index is 1050. The van der Waals surface area contributed by atoms with E-state index in [1.807, 2.05) is 6.07 Å². The zero-order chi connectivity index (χ0) is 20.5. The Morgan fingerprint density at radius 3 is 2.60 bits per heavy atom. The van der Waals surface area contributed by atoms with Crippen molar-refractivity contribution in [2.75, 3.05) is 25.1 Å². The minimum atomic E-state index is -0.627. The third kappa shape index (κ3) is 4.10. The molecule has 0 spiro atoms. The van der Waals surface area contributed by atoms with Crippen LogP contribution in [0.2, 0.25) is 0 Å². The van der Waals surface area contributed by atoms with Crippen LogP contribution in [-0.2, 0) is 9.47 Å². The van der Waals surface area contributed by atoms with Crippen molar-refractivity contribution in [3.63, 3.8) is 0 Å². The molecule has 3 aromatic rings. The second kappa shape index (κ2) is 7.97. The van der Waals surface area contributed by atoms with Gasteiger partial charge >= 0.3 is 0 Å². The third-order valence-corrected chi connectivity index (χ3v) is 5.10. The summed E-state index contributed by atoms with van der Waals surface area (Å²) in [5.41, 5.74) is 3.67. The van der Waals surface area contributed by atoms with Gasteiger partial charge in [-0.3, -0.25) is 0 Å². The summed E-state index contributed by atoms with van der Waals surface area (Å²) in [6, 6.07) is 8.02. The van der Waals surface area contributed by atoms with Gasteiger partial charge in [0.2, 0.25) is 12.2 Å². The number of rotatable bonds is 6. The van der Waals surface area contributed by atoms with E-state index >= 15 is 0 Å². The highest BCUT2D eigenvalue weighted by atomic mass is 19.1. The quantitative estimate of drug-likeness (QED) is 0.599. The molecule has 0 atom stereocenters. The van der Waals surface area contributed by atoms with Crippen LogP contribution in [0.3, 0.4) is 0 Å². The number of imidazole rings is 1. The molecule has 0 radical (unpaired) electrons. The lowest BCUT2D eigenvalue weighted by atomic mass is 10.1. The van der Waals surface area contributed by atoms with Gasteiger partial charge in [-0.1, -0.05) is 6.58 Å². The molecule has 30 heavy (non-hydrogen) atoms. The largest absolute Gasteiger partial charge is 0.354 e. The predicted molar refractivity (Wildman–Crippen MR) is 110 cm³/mol. The molecule has 2 N–H and O–H groups in total. The number of ether oxygens (including phenoxy) is 2. The molecule has 8 heteroatoms. The van der Waals surface area contributed by atoms with Crippen LogP contribution in [-0.4, -0.2) is 39.7 Å². The smallest absolute Gasteiger partial charge is 0.223 e. The van der Waals surface area contributed by atoms with E-state index in [4.69, 9.17) is 14.5 Å². The molecule has 2 fully saturated rings. The van der Waals surface area contributed by atoms with Crippen molar-refractivity contribution in [1.29, 1.82) is 0 Å². The Hall–Kier alpha value is -3.10. The number of nitrogens with one attached hydrogen (secondary N) is 2. The molecule has 3 heterocycles. The number of nitrogens with zero attached hydrogens (tertiary/aromatic N) is 3. The molecule has 2 aliphatic rings. The maximum Gasteiger partial charge on any atom is 0.223 e. The maximum atomic E-state index is 13.5. The Morgan fingerprint density at radius 2 is 1.87 bits per heavy atom. The van der Waals surface area contributed by atoms with Crippen LogP contribution in [0.1, 0.15) is 25.0 Å². The van der Waals surface area contributed by atoms with Gasteiger partial charge in [0.15, 0.2) is 5.82 Å². The van der Waals surface area contributed by atoms with Gasteiger partial charge in [-0.15, -0.1) is 0 Å². The number of aromatic amines is 1. The third-order valence-electron chi connectivity index (χ3n) is 5.10. The fourth-order valence-electron chi connectivity index (χ4n) is 3.28. The van der Waals surface area contributed by atoms with Gasteiger partial charge in [0, 0.05) is 18.3 Å². The molecule has 1 aliphatic carbocycles. The van der Waals surface area contributed by atoms with E-state index < -0.39 is 6.29 Å². The zero-order valence-corrected chi connectivity index (χ0v) is 16.4. The topological polar surface area (TPSA) is 85.0 Å². The monoisotopic (exact) mass is 407 g/mol. The highest BCUT2D eigenvalue weighted by Gasteiger charge is 2.25. The lowest BCUT2D eigenvalue weighted by molar-refractivity contribution is -0.165. The molecular weight excluding hydrogens is 385 g/mol. The molecular formula is C22H22FN5O2. The van der Waals surface area contributed by atoms with E-state index in [2.05, 4.69) is 26.8 Å². The highest BCUT2D eigenvalue weighted by Crippen LogP contribution is 2.33. The summed E-state index contributed by atoms with van der Waals surface area (Å²) in [6.45, 7) is 5.57. The van der Waals surface area contributed by atoms with Crippen molar-refractivity contribution >= 4 is 5.95 Å². The van der Waals surface area contributed by atoms with Crippen LogP contribution >= 0.6 is 0 Å². The summed E-state index contributed by atoms with van der Waals surface area (Å²) in [4.78, 5) is 17.0. The molecule has 1 saturated heterocycles. The maximum absolute atomic E-state index is 13.5. The molecule has 5 rings (SSSR count). The van der Waals surface area contributed by atoms with E-state index in [1.165, 1.54) is 25.0 Å². The van der Waals surface area contributed by atoms with Crippen molar-refractivity contribution in [2.24, 2.45) is 5.92 Å². The van der Waals surface area contributed by atoms with Crippen LogP contribution in [0.4, 0.5) is 10.3 Å². The number of anilines is 1. The van der Waals surface area contributed by atoms with Gasteiger partial charge in [-0.05, 0) is 54.7 Å². The zero-order valence-electron chi connectivity index (χ0n) is 16.4. The van der Waals surface area contributed by atoms with Gasteiger partial charge in [-0.25, -0.2) is 19.3 Å². The van der Waals surface area contributed by atoms with Crippen LogP contribution in [0, 0.1) is 11.7 Å². The van der Waals surface area contributed by atoms with Gasteiger partial charge < -0.3 is 19.8 Å². The molecule has 0 amide bonds. The number of benzene rings is 1. The van der Waals surface area contributed by atoms with Crippen LogP contribution in [0.25, 0.3) is 22.6 Å². The molecule has 1 aromatic carbocycles. The summed E-state index contributed by atoms with van der Waals surface area (Å²) in [6.07, 6.45) is 3.58. The van der Waals surface area contributed by atoms with Crippen LogP contribution in [0.15, 0.2) is 48.7 Å². The molecule has 0 unspecified atom stereocenters. The van der Waals surface area contributed by atoms with Crippen molar-refractivity contribution in [3.05, 3.63) is 60.3 Å².